The molecular weight excluding hydrogens is 184 g/mol. The molecule has 0 aliphatic rings. The molecule has 1 heterocycles. The van der Waals surface area contributed by atoms with E-state index in [9.17, 15) is 0 Å². The minimum atomic E-state index is 0.705. The number of aryl methyl sites for hydroxylation is 1. The predicted octanol–water partition coefficient (Wildman–Crippen LogP) is 2.23. The van der Waals surface area contributed by atoms with Crippen LogP contribution in [0, 0.1) is 0 Å². The number of aromatic nitrogens is 1. The number of hydrogen-bond donors (Lipinski definition) is 0. The number of nitrogens with zero attached hydrogens (tertiary/aromatic N) is 2. The van der Waals surface area contributed by atoms with Gasteiger partial charge in [0.2, 0.25) is 0 Å². The maximum Gasteiger partial charge on any atom is 0.0589 e. The van der Waals surface area contributed by atoms with E-state index in [2.05, 4.69) is 24.0 Å². The first kappa shape index (κ1) is 10.5. The minimum absolute atomic E-state index is 0.705. The van der Waals surface area contributed by atoms with Gasteiger partial charge in [-0.25, -0.2) is 0 Å². The highest BCUT2D eigenvalue weighted by Gasteiger charge is 1.95. The third kappa shape index (κ3) is 4.25. The predicted molar refractivity (Wildman–Crippen MR) is 56.1 cm³/mol. The first-order valence-corrected chi connectivity index (χ1v) is 4.81. The van der Waals surface area contributed by atoms with Gasteiger partial charge in [-0.1, -0.05) is 11.6 Å². The van der Waals surface area contributed by atoms with Crippen molar-refractivity contribution in [3.8, 4) is 0 Å². The summed E-state index contributed by atoms with van der Waals surface area (Å²) in [6.45, 7) is 1.10. The van der Waals surface area contributed by atoms with Gasteiger partial charge < -0.3 is 4.90 Å². The third-order valence-corrected chi connectivity index (χ3v) is 2.05. The largest absolute Gasteiger partial charge is 0.309 e. The van der Waals surface area contributed by atoms with Gasteiger partial charge in [0.1, 0.15) is 0 Å². The maximum absolute atomic E-state index is 5.73. The fraction of sp³-hybridized carbons (Fsp3) is 0.500. The van der Waals surface area contributed by atoms with E-state index < -0.39 is 0 Å². The lowest BCUT2D eigenvalue weighted by Gasteiger charge is -2.08. The Morgan fingerprint density at radius 2 is 2.15 bits per heavy atom. The molecule has 13 heavy (non-hydrogen) atoms. The molecule has 1 aromatic rings. The van der Waals surface area contributed by atoms with Crippen molar-refractivity contribution in [2.24, 2.45) is 0 Å². The van der Waals surface area contributed by atoms with Crippen molar-refractivity contribution in [1.82, 2.24) is 9.88 Å². The topological polar surface area (TPSA) is 16.1 Å². The molecule has 1 aromatic heterocycles. The highest BCUT2D eigenvalue weighted by molar-refractivity contribution is 6.30. The zero-order valence-electron chi connectivity index (χ0n) is 8.13. The summed E-state index contributed by atoms with van der Waals surface area (Å²) in [6, 6.07) is 3.87. The van der Waals surface area contributed by atoms with Gasteiger partial charge in [-0.3, -0.25) is 4.98 Å². The van der Waals surface area contributed by atoms with E-state index in [4.69, 9.17) is 11.6 Å². The Morgan fingerprint density at radius 3 is 2.69 bits per heavy atom. The second-order valence-corrected chi connectivity index (χ2v) is 3.81. The molecule has 0 saturated heterocycles. The van der Waals surface area contributed by atoms with E-state index in [1.807, 2.05) is 12.1 Å². The van der Waals surface area contributed by atoms with Crippen LogP contribution in [0.1, 0.15) is 12.1 Å². The van der Waals surface area contributed by atoms with Gasteiger partial charge in [-0.15, -0.1) is 0 Å². The lowest BCUT2D eigenvalue weighted by molar-refractivity contribution is 0.399. The van der Waals surface area contributed by atoms with Crippen LogP contribution in [-0.4, -0.2) is 30.5 Å². The van der Waals surface area contributed by atoms with Crippen LogP contribution in [0.5, 0.6) is 0 Å². The smallest absolute Gasteiger partial charge is 0.0589 e. The summed E-state index contributed by atoms with van der Waals surface area (Å²) in [4.78, 5) is 6.40. The quantitative estimate of drug-likeness (QED) is 0.738. The normalized spacial score (nSPS) is 10.8. The first-order chi connectivity index (χ1) is 6.18. The molecule has 0 amide bonds. The van der Waals surface area contributed by atoms with Gasteiger partial charge in [-0.2, -0.15) is 0 Å². The molecule has 72 valence electrons. The molecule has 0 radical (unpaired) electrons. The zero-order chi connectivity index (χ0) is 9.68. The summed E-state index contributed by atoms with van der Waals surface area (Å²) in [6.07, 6.45) is 3.86. The monoisotopic (exact) mass is 198 g/mol. The molecule has 0 atom stereocenters. The Hall–Kier alpha value is -0.600. The maximum atomic E-state index is 5.73. The van der Waals surface area contributed by atoms with Crippen molar-refractivity contribution in [1.29, 1.82) is 0 Å². The van der Waals surface area contributed by atoms with Gasteiger partial charge in [-0.05, 0) is 45.6 Å². The Kier molecular flexibility index (Phi) is 4.19. The standard InChI is InChI=1S/C10H15ClN2/c1-13(2)7-3-4-10-6-5-9(11)8-12-10/h5-6,8H,3-4,7H2,1-2H3. The Bertz CT molecular complexity index is 244. The van der Waals surface area contributed by atoms with Gasteiger partial charge in [0.05, 0.1) is 5.02 Å². The van der Waals surface area contributed by atoms with Crippen LogP contribution in [-0.2, 0) is 6.42 Å². The number of halogens is 1. The molecule has 0 N–H and O–H groups in total. The van der Waals surface area contributed by atoms with Crippen molar-refractivity contribution < 1.29 is 0 Å². The van der Waals surface area contributed by atoms with E-state index in [0.717, 1.165) is 25.1 Å². The number of rotatable bonds is 4. The van der Waals surface area contributed by atoms with E-state index >= 15 is 0 Å². The van der Waals surface area contributed by atoms with Gasteiger partial charge in [0.15, 0.2) is 0 Å². The number of pyridine rings is 1. The first-order valence-electron chi connectivity index (χ1n) is 4.43. The zero-order valence-corrected chi connectivity index (χ0v) is 8.88. The van der Waals surface area contributed by atoms with Crippen LogP contribution >= 0.6 is 11.6 Å². The van der Waals surface area contributed by atoms with Crippen molar-refractivity contribution in [3.63, 3.8) is 0 Å². The van der Waals surface area contributed by atoms with E-state index in [1.165, 1.54) is 0 Å². The average Bonchev–Trinajstić information content (AvgIpc) is 2.08. The summed E-state index contributed by atoms with van der Waals surface area (Å²) in [5.41, 5.74) is 1.12. The molecule has 0 unspecified atom stereocenters. The van der Waals surface area contributed by atoms with E-state index in [0.29, 0.717) is 5.02 Å². The van der Waals surface area contributed by atoms with Crippen LogP contribution in [0.4, 0.5) is 0 Å². The minimum Gasteiger partial charge on any atom is -0.309 e. The molecule has 3 heteroatoms. The molecule has 0 fully saturated rings. The SMILES string of the molecule is CN(C)CCCc1ccc(Cl)cn1. The van der Waals surface area contributed by atoms with Crippen LogP contribution in [0.15, 0.2) is 18.3 Å². The molecule has 0 aliphatic carbocycles. The summed E-state index contributed by atoms with van der Waals surface area (Å²) in [7, 11) is 4.16. The highest BCUT2D eigenvalue weighted by atomic mass is 35.5. The molecule has 0 spiro atoms. The van der Waals surface area contributed by atoms with Crippen molar-refractivity contribution in [2.75, 3.05) is 20.6 Å². The summed E-state index contributed by atoms with van der Waals surface area (Å²) < 4.78 is 0. The van der Waals surface area contributed by atoms with Crippen LogP contribution in [0.25, 0.3) is 0 Å². The van der Waals surface area contributed by atoms with E-state index in [-0.39, 0.29) is 0 Å². The van der Waals surface area contributed by atoms with Crippen molar-refractivity contribution in [2.45, 2.75) is 12.8 Å². The lowest BCUT2D eigenvalue weighted by Crippen LogP contribution is -2.13. The number of hydrogen-bond acceptors (Lipinski definition) is 2. The molecule has 0 saturated carbocycles. The summed E-state index contributed by atoms with van der Waals surface area (Å²) in [5, 5.41) is 0.705. The average molecular weight is 199 g/mol. The Morgan fingerprint density at radius 1 is 1.38 bits per heavy atom. The Balaban J connectivity index is 2.33. The van der Waals surface area contributed by atoms with Crippen molar-refractivity contribution in [3.05, 3.63) is 29.0 Å². The molecular formula is C10H15ClN2. The summed E-state index contributed by atoms with van der Waals surface area (Å²) in [5.74, 6) is 0. The van der Waals surface area contributed by atoms with E-state index in [1.54, 1.807) is 6.20 Å². The van der Waals surface area contributed by atoms with Crippen LogP contribution < -0.4 is 0 Å². The lowest BCUT2D eigenvalue weighted by atomic mass is 10.2. The fourth-order valence-electron chi connectivity index (χ4n) is 1.13. The van der Waals surface area contributed by atoms with Crippen molar-refractivity contribution >= 4 is 11.6 Å². The highest BCUT2D eigenvalue weighted by Crippen LogP contribution is 2.07. The third-order valence-electron chi connectivity index (χ3n) is 1.83. The Labute approximate surface area is 84.5 Å². The molecule has 0 aliphatic heterocycles. The summed E-state index contributed by atoms with van der Waals surface area (Å²) >= 11 is 5.73. The van der Waals surface area contributed by atoms with Crippen LogP contribution in [0.3, 0.4) is 0 Å². The van der Waals surface area contributed by atoms with Gasteiger partial charge in [0.25, 0.3) is 0 Å². The van der Waals surface area contributed by atoms with Crippen LogP contribution in [0.2, 0.25) is 5.02 Å². The fourth-order valence-corrected chi connectivity index (χ4v) is 1.24. The molecule has 2 nitrogen and oxygen atoms in total. The molecule has 1 rings (SSSR count). The second-order valence-electron chi connectivity index (χ2n) is 3.37. The molecule has 0 aromatic carbocycles. The van der Waals surface area contributed by atoms with Gasteiger partial charge in [0, 0.05) is 11.9 Å². The van der Waals surface area contributed by atoms with Gasteiger partial charge >= 0.3 is 0 Å². The molecule has 0 bridgehead atoms. The second kappa shape index (κ2) is 5.20.